The molecule has 0 spiro atoms. The largest absolute Gasteiger partial charge is 0.311 e. The van der Waals surface area contributed by atoms with Crippen LogP contribution in [0.4, 0.5) is 0 Å². The molecule has 0 saturated carbocycles. The molecule has 0 fully saturated rings. The van der Waals surface area contributed by atoms with Crippen LogP contribution >= 0.6 is 23.4 Å². The number of hydrogen-bond donors (Lipinski definition) is 1. The fourth-order valence-corrected chi connectivity index (χ4v) is 2.99. The fraction of sp³-hybridized carbons (Fsp3) is 0.769. The van der Waals surface area contributed by atoms with Crippen LogP contribution in [0.1, 0.15) is 32.2 Å². The number of aryl methyl sites for hydroxylation is 2. The molecule has 104 valence electrons. The number of aromatic nitrogens is 2. The van der Waals surface area contributed by atoms with Crippen molar-refractivity contribution in [2.24, 2.45) is 5.92 Å². The van der Waals surface area contributed by atoms with E-state index >= 15 is 0 Å². The average Bonchev–Trinajstić information content (AvgIpc) is 2.66. The Morgan fingerprint density at radius 1 is 1.44 bits per heavy atom. The normalized spacial score (nSPS) is 12.9. The second kappa shape index (κ2) is 8.08. The first-order valence-electron chi connectivity index (χ1n) is 6.57. The molecule has 1 unspecified atom stereocenters. The molecule has 0 aliphatic rings. The summed E-state index contributed by atoms with van der Waals surface area (Å²) in [6, 6.07) is 0. The molecule has 1 heterocycles. The van der Waals surface area contributed by atoms with Gasteiger partial charge in [0.05, 0.1) is 16.4 Å². The van der Waals surface area contributed by atoms with E-state index in [1.165, 1.54) is 5.75 Å². The SMILES string of the molecule is CCc1nn(CC)c(CNCC(C)CSC)c1Cl. The lowest BCUT2D eigenvalue weighted by Gasteiger charge is -2.12. The molecule has 0 radical (unpaired) electrons. The lowest BCUT2D eigenvalue weighted by atomic mass is 10.2. The molecule has 1 rings (SSSR count). The molecular formula is C13H24ClN3S. The zero-order chi connectivity index (χ0) is 13.5. The van der Waals surface area contributed by atoms with E-state index in [4.69, 9.17) is 11.6 Å². The molecule has 0 aromatic carbocycles. The van der Waals surface area contributed by atoms with E-state index in [-0.39, 0.29) is 0 Å². The number of hydrogen-bond acceptors (Lipinski definition) is 3. The van der Waals surface area contributed by atoms with Crippen molar-refractivity contribution in [3.05, 3.63) is 16.4 Å². The van der Waals surface area contributed by atoms with E-state index < -0.39 is 0 Å². The molecule has 0 saturated heterocycles. The molecule has 5 heteroatoms. The topological polar surface area (TPSA) is 29.9 Å². The van der Waals surface area contributed by atoms with E-state index in [2.05, 4.69) is 37.4 Å². The average molecular weight is 290 g/mol. The van der Waals surface area contributed by atoms with Gasteiger partial charge in [-0.2, -0.15) is 16.9 Å². The van der Waals surface area contributed by atoms with Gasteiger partial charge in [-0.3, -0.25) is 4.68 Å². The van der Waals surface area contributed by atoms with E-state index in [0.29, 0.717) is 5.92 Å². The molecule has 0 amide bonds. The summed E-state index contributed by atoms with van der Waals surface area (Å²) in [6.07, 6.45) is 3.04. The van der Waals surface area contributed by atoms with Gasteiger partial charge in [0.15, 0.2) is 0 Å². The first-order chi connectivity index (χ1) is 8.63. The van der Waals surface area contributed by atoms with Crippen molar-refractivity contribution >= 4 is 23.4 Å². The van der Waals surface area contributed by atoms with E-state index in [1.54, 1.807) is 0 Å². The van der Waals surface area contributed by atoms with Crippen LogP contribution in [0.2, 0.25) is 5.02 Å². The highest BCUT2D eigenvalue weighted by atomic mass is 35.5. The molecule has 18 heavy (non-hydrogen) atoms. The van der Waals surface area contributed by atoms with Gasteiger partial charge in [0.1, 0.15) is 0 Å². The second-order valence-corrected chi connectivity index (χ2v) is 5.86. The third-order valence-electron chi connectivity index (χ3n) is 2.93. The van der Waals surface area contributed by atoms with E-state index in [9.17, 15) is 0 Å². The highest BCUT2D eigenvalue weighted by Crippen LogP contribution is 2.21. The number of nitrogens with zero attached hydrogens (tertiary/aromatic N) is 2. The Morgan fingerprint density at radius 3 is 2.72 bits per heavy atom. The van der Waals surface area contributed by atoms with Gasteiger partial charge in [0.2, 0.25) is 0 Å². The monoisotopic (exact) mass is 289 g/mol. The summed E-state index contributed by atoms with van der Waals surface area (Å²) in [7, 11) is 0. The number of halogens is 1. The first kappa shape index (κ1) is 15.9. The predicted molar refractivity (Wildman–Crippen MR) is 81.5 cm³/mol. The first-order valence-corrected chi connectivity index (χ1v) is 8.34. The quantitative estimate of drug-likeness (QED) is 0.797. The van der Waals surface area contributed by atoms with Crippen LogP contribution in [0.5, 0.6) is 0 Å². The molecule has 1 aromatic heterocycles. The Hall–Kier alpha value is -0.190. The van der Waals surface area contributed by atoms with Gasteiger partial charge in [-0.1, -0.05) is 25.4 Å². The highest BCUT2D eigenvalue weighted by molar-refractivity contribution is 7.98. The fourth-order valence-electron chi connectivity index (χ4n) is 1.97. The maximum absolute atomic E-state index is 6.36. The van der Waals surface area contributed by atoms with Crippen LogP contribution in [-0.4, -0.2) is 28.3 Å². The van der Waals surface area contributed by atoms with Gasteiger partial charge in [-0.05, 0) is 37.8 Å². The van der Waals surface area contributed by atoms with Crippen molar-refractivity contribution in [1.82, 2.24) is 15.1 Å². The summed E-state index contributed by atoms with van der Waals surface area (Å²) < 4.78 is 2.01. The summed E-state index contributed by atoms with van der Waals surface area (Å²) >= 11 is 8.25. The van der Waals surface area contributed by atoms with Crippen LogP contribution in [0.3, 0.4) is 0 Å². The van der Waals surface area contributed by atoms with Gasteiger partial charge < -0.3 is 5.32 Å². The van der Waals surface area contributed by atoms with Crippen LogP contribution in [0.25, 0.3) is 0 Å². The smallest absolute Gasteiger partial charge is 0.0863 e. The van der Waals surface area contributed by atoms with Gasteiger partial charge in [-0.15, -0.1) is 0 Å². The minimum atomic E-state index is 0.683. The van der Waals surface area contributed by atoms with Crippen molar-refractivity contribution in [2.45, 2.75) is 40.3 Å². The molecule has 1 atom stereocenters. The van der Waals surface area contributed by atoms with Crippen LogP contribution < -0.4 is 5.32 Å². The molecule has 0 aliphatic carbocycles. The molecular weight excluding hydrogens is 266 g/mol. The minimum absolute atomic E-state index is 0.683. The zero-order valence-electron chi connectivity index (χ0n) is 11.8. The summed E-state index contributed by atoms with van der Waals surface area (Å²) in [4.78, 5) is 0. The molecule has 3 nitrogen and oxygen atoms in total. The van der Waals surface area contributed by atoms with E-state index in [0.717, 1.165) is 42.5 Å². The van der Waals surface area contributed by atoms with Gasteiger partial charge in [-0.25, -0.2) is 0 Å². The lowest BCUT2D eigenvalue weighted by Crippen LogP contribution is -2.23. The van der Waals surface area contributed by atoms with Crippen LogP contribution in [0, 0.1) is 5.92 Å². The summed E-state index contributed by atoms with van der Waals surface area (Å²) in [6.45, 7) is 9.15. The van der Waals surface area contributed by atoms with Gasteiger partial charge in [0.25, 0.3) is 0 Å². The summed E-state index contributed by atoms with van der Waals surface area (Å²) in [5.41, 5.74) is 2.12. The number of rotatable bonds is 8. The molecule has 0 bridgehead atoms. The Morgan fingerprint density at radius 2 is 2.17 bits per heavy atom. The highest BCUT2D eigenvalue weighted by Gasteiger charge is 2.13. The number of nitrogens with one attached hydrogen (secondary N) is 1. The second-order valence-electron chi connectivity index (χ2n) is 4.57. The van der Waals surface area contributed by atoms with Crippen molar-refractivity contribution in [1.29, 1.82) is 0 Å². The van der Waals surface area contributed by atoms with Crippen molar-refractivity contribution in [2.75, 3.05) is 18.6 Å². The van der Waals surface area contributed by atoms with Crippen molar-refractivity contribution < 1.29 is 0 Å². The minimum Gasteiger partial charge on any atom is -0.311 e. The predicted octanol–water partition coefficient (Wildman–Crippen LogP) is 3.21. The lowest BCUT2D eigenvalue weighted by molar-refractivity contribution is 0.529. The van der Waals surface area contributed by atoms with Gasteiger partial charge >= 0.3 is 0 Å². The molecule has 1 aromatic rings. The van der Waals surface area contributed by atoms with Gasteiger partial charge in [0, 0.05) is 13.1 Å². The summed E-state index contributed by atoms with van der Waals surface area (Å²) in [5, 5.41) is 8.84. The third-order valence-corrected chi connectivity index (χ3v) is 4.27. The summed E-state index contributed by atoms with van der Waals surface area (Å²) in [5.74, 6) is 1.87. The standard InChI is InChI=1S/C13H24ClN3S/c1-5-11-13(14)12(17(6-2)16-11)8-15-7-10(3)9-18-4/h10,15H,5-9H2,1-4H3. The third kappa shape index (κ3) is 4.18. The Labute approximate surface area is 120 Å². The Bertz CT molecular complexity index is 365. The molecule has 1 N–H and O–H groups in total. The van der Waals surface area contributed by atoms with E-state index in [1.807, 2.05) is 16.4 Å². The Kier molecular flexibility index (Phi) is 7.12. The van der Waals surface area contributed by atoms with Crippen LogP contribution in [0.15, 0.2) is 0 Å². The molecule has 0 aliphatic heterocycles. The maximum atomic E-state index is 6.36. The number of thioether (sulfide) groups is 1. The van der Waals surface area contributed by atoms with Crippen molar-refractivity contribution in [3.8, 4) is 0 Å². The maximum Gasteiger partial charge on any atom is 0.0863 e. The van der Waals surface area contributed by atoms with Crippen molar-refractivity contribution in [3.63, 3.8) is 0 Å². The Balaban J connectivity index is 2.58. The van der Waals surface area contributed by atoms with Crippen LogP contribution in [-0.2, 0) is 19.5 Å². The zero-order valence-corrected chi connectivity index (χ0v) is 13.4.